The summed E-state index contributed by atoms with van der Waals surface area (Å²) >= 11 is 0. The Morgan fingerprint density at radius 3 is 2.26 bits per heavy atom. The minimum Gasteiger partial charge on any atom is -0.449 e. The molecule has 0 saturated heterocycles. The van der Waals surface area contributed by atoms with E-state index < -0.39 is 11.9 Å². The van der Waals surface area contributed by atoms with Crippen LogP contribution in [0.5, 0.6) is 0 Å². The molecule has 156 valence electrons. The summed E-state index contributed by atoms with van der Waals surface area (Å²) in [7, 11) is 0. The summed E-state index contributed by atoms with van der Waals surface area (Å²) in [5.41, 5.74) is 4.98. The molecule has 0 atom stereocenters. The highest BCUT2D eigenvalue weighted by molar-refractivity contribution is 5.95. The Labute approximate surface area is 180 Å². The molecule has 1 N–H and O–H groups in total. The first-order chi connectivity index (χ1) is 15.1. The van der Waals surface area contributed by atoms with E-state index in [1.165, 1.54) is 30.2 Å². The maximum Gasteiger partial charge on any atom is 0.407 e. The Balaban J connectivity index is 1.34. The quantitative estimate of drug-likeness (QED) is 0.535. The van der Waals surface area contributed by atoms with Gasteiger partial charge in [-0.15, -0.1) is 0 Å². The minimum absolute atomic E-state index is 0.00268. The number of carbonyl (C=O) groups excluding carboxylic acids is 2. The van der Waals surface area contributed by atoms with Gasteiger partial charge in [0.15, 0.2) is 5.78 Å². The van der Waals surface area contributed by atoms with E-state index in [1.807, 2.05) is 24.3 Å². The second-order valence-electron chi connectivity index (χ2n) is 7.37. The molecule has 3 aromatic carbocycles. The third-order valence-corrected chi connectivity index (χ3v) is 5.41. The molecule has 1 aliphatic carbocycles. The van der Waals surface area contributed by atoms with Crippen molar-refractivity contribution in [1.29, 1.82) is 0 Å². The predicted octanol–water partition coefficient (Wildman–Crippen LogP) is 5.58. The van der Waals surface area contributed by atoms with Crippen LogP contribution in [-0.4, -0.2) is 25.0 Å². The topological polar surface area (TPSA) is 55.4 Å². The van der Waals surface area contributed by atoms with Crippen molar-refractivity contribution in [1.82, 2.24) is 5.32 Å². The molecule has 0 unspecified atom stereocenters. The monoisotopic (exact) mass is 415 g/mol. The zero-order chi connectivity index (χ0) is 21.8. The van der Waals surface area contributed by atoms with Crippen molar-refractivity contribution in [3.05, 3.63) is 101 Å². The highest BCUT2D eigenvalue weighted by Crippen LogP contribution is 2.44. The van der Waals surface area contributed by atoms with Gasteiger partial charge in [-0.05, 0) is 35.2 Å². The van der Waals surface area contributed by atoms with Crippen LogP contribution in [0.3, 0.4) is 0 Å². The lowest BCUT2D eigenvalue weighted by atomic mass is 9.98. The maximum absolute atomic E-state index is 14.3. The lowest BCUT2D eigenvalue weighted by molar-refractivity contribution is 0.101. The highest BCUT2D eigenvalue weighted by Gasteiger charge is 2.28. The van der Waals surface area contributed by atoms with Crippen LogP contribution in [0.25, 0.3) is 17.2 Å². The van der Waals surface area contributed by atoms with Gasteiger partial charge in [-0.3, -0.25) is 4.79 Å². The number of amides is 1. The summed E-state index contributed by atoms with van der Waals surface area (Å²) in [4.78, 5) is 23.6. The van der Waals surface area contributed by atoms with Gasteiger partial charge >= 0.3 is 6.09 Å². The molecule has 0 aromatic heterocycles. The fourth-order valence-electron chi connectivity index (χ4n) is 3.93. The molecule has 0 spiro atoms. The van der Waals surface area contributed by atoms with E-state index in [2.05, 4.69) is 29.6 Å². The number of alkyl carbamates (subject to hydrolysis) is 1. The Morgan fingerprint density at radius 2 is 1.61 bits per heavy atom. The molecule has 0 saturated carbocycles. The summed E-state index contributed by atoms with van der Waals surface area (Å²) < 4.78 is 19.7. The molecular weight excluding hydrogens is 393 g/mol. The van der Waals surface area contributed by atoms with Gasteiger partial charge in [0.1, 0.15) is 12.4 Å². The molecule has 31 heavy (non-hydrogen) atoms. The van der Waals surface area contributed by atoms with Crippen LogP contribution < -0.4 is 5.32 Å². The number of rotatable bonds is 6. The summed E-state index contributed by atoms with van der Waals surface area (Å²) in [6.07, 6.45) is 2.61. The van der Waals surface area contributed by atoms with Crippen LogP contribution in [-0.2, 0) is 4.74 Å². The van der Waals surface area contributed by atoms with Crippen LogP contribution in [0, 0.1) is 5.82 Å². The molecule has 5 heteroatoms. The summed E-state index contributed by atoms with van der Waals surface area (Å²) in [6, 6.07) is 20.9. The number of nitrogens with one attached hydrogen (secondary N) is 1. The average molecular weight is 415 g/mol. The van der Waals surface area contributed by atoms with Crippen molar-refractivity contribution < 1.29 is 18.7 Å². The minimum atomic E-state index is -0.563. The Hall–Kier alpha value is -3.73. The van der Waals surface area contributed by atoms with Gasteiger partial charge in [0, 0.05) is 18.0 Å². The maximum atomic E-state index is 14.3. The van der Waals surface area contributed by atoms with Gasteiger partial charge in [0.05, 0.1) is 5.56 Å². The lowest BCUT2D eigenvalue weighted by Crippen LogP contribution is -2.26. The first-order valence-corrected chi connectivity index (χ1v) is 10.1. The van der Waals surface area contributed by atoms with Crippen LogP contribution in [0.4, 0.5) is 9.18 Å². The predicted molar refractivity (Wildman–Crippen MR) is 119 cm³/mol. The summed E-state index contributed by atoms with van der Waals surface area (Å²) in [6.45, 7) is 1.74. The fraction of sp³-hybridized carbons (Fsp3) is 0.154. The molecule has 0 heterocycles. The first kappa shape index (κ1) is 20.5. The van der Waals surface area contributed by atoms with E-state index in [1.54, 1.807) is 18.2 Å². The number of ketones is 1. The second kappa shape index (κ2) is 8.96. The molecular formula is C26H22FNO3. The van der Waals surface area contributed by atoms with Gasteiger partial charge in [-0.2, -0.15) is 0 Å². The molecule has 0 aliphatic heterocycles. The molecule has 1 amide bonds. The van der Waals surface area contributed by atoms with Crippen LogP contribution in [0.1, 0.15) is 39.9 Å². The molecule has 1 aliphatic rings. The third-order valence-electron chi connectivity index (χ3n) is 5.41. The van der Waals surface area contributed by atoms with Gasteiger partial charge in [-0.1, -0.05) is 72.8 Å². The number of hydrogen-bond donors (Lipinski definition) is 1. The molecule has 0 fully saturated rings. The number of ether oxygens (including phenoxy) is 1. The summed E-state index contributed by atoms with van der Waals surface area (Å²) in [5, 5.41) is 2.64. The van der Waals surface area contributed by atoms with Crippen molar-refractivity contribution in [3.8, 4) is 11.1 Å². The number of carbonyl (C=O) groups is 2. The number of Topliss-reactive ketones (excluding diaryl/α,β-unsaturated/α-hetero) is 1. The van der Waals surface area contributed by atoms with E-state index in [0.29, 0.717) is 5.56 Å². The van der Waals surface area contributed by atoms with Crippen LogP contribution >= 0.6 is 0 Å². The van der Waals surface area contributed by atoms with Crippen molar-refractivity contribution in [2.24, 2.45) is 0 Å². The number of benzene rings is 3. The van der Waals surface area contributed by atoms with Gasteiger partial charge in [0.25, 0.3) is 0 Å². The molecule has 3 aromatic rings. The zero-order valence-electron chi connectivity index (χ0n) is 17.1. The fourth-order valence-corrected chi connectivity index (χ4v) is 3.93. The SMILES string of the molecule is CC(=O)c1cccc(C=CCNC(=O)OCC2c3ccccc3-c3ccccc32)c1F. The standard InChI is InChI=1S/C26H22FNO3/c1-17(29)19-14-6-8-18(25(19)27)9-7-15-28-26(30)31-16-24-22-12-4-2-10-20(22)21-11-3-5-13-23(21)24/h2-14,24H,15-16H2,1H3,(H,28,30). The van der Waals surface area contributed by atoms with E-state index >= 15 is 0 Å². The smallest absolute Gasteiger partial charge is 0.407 e. The van der Waals surface area contributed by atoms with E-state index in [-0.39, 0.29) is 30.4 Å². The molecule has 0 radical (unpaired) electrons. The number of fused-ring (bicyclic) bond motifs is 3. The highest BCUT2D eigenvalue weighted by atomic mass is 19.1. The van der Waals surface area contributed by atoms with Gasteiger partial charge in [0.2, 0.25) is 0 Å². The Bertz CT molecular complexity index is 1120. The van der Waals surface area contributed by atoms with Crippen molar-refractivity contribution in [2.75, 3.05) is 13.2 Å². The third kappa shape index (κ3) is 4.26. The average Bonchev–Trinajstić information content (AvgIpc) is 3.10. The van der Waals surface area contributed by atoms with Gasteiger partial charge in [-0.25, -0.2) is 9.18 Å². The van der Waals surface area contributed by atoms with Crippen LogP contribution in [0.2, 0.25) is 0 Å². The normalized spacial score (nSPS) is 12.5. The zero-order valence-corrected chi connectivity index (χ0v) is 17.1. The molecule has 0 bridgehead atoms. The largest absolute Gasteiger partial charge is 0.449 e. The van der Waals surface area contributed by atoms with Crippen molar-refractivity contribution >= 4 is 18.0 Å². The first-order valence-electron chi connectivity index (χ1n) is 10.1. The Morgan fingerprint density at radius 1 is 0.968 bits per heavy atom. The van der Waals surface area contributed by atoms with E-state index in [0.717, 1.165) is 11.1 Å². The van der Waals surface area contributed by atoms with Crippen molar-refractivity contribution in [2.45, 2.75) is 12.8 Å². The van der Waals surface area contributed by atoms with Gasteiger partial charge < -0.3 is 10.1 Å². The second-order valence-corrected chi connectivity index (χ2v) is 7.37. The lowest BCUT2D eigenvalue weighted by Gasteiger charge is -2.14. The molecule has 4 nitrogen and oxygen atoms in total. The number of halogens is 1. The summed E-state index contributed by atoms with van der Waals surface area (Å²) in [5.74, 6) is -0.894. The van der Waals surface area contributed by atoms with E-state index in [9.17, 15) is 14.0 Å². The van der Waals surface area contributed by atoms with E-state index in [4.69, 9.17) is 4.74 Å². The molecule has 4 rings (SSSR count). The number of hydrogen-bond acceptors (Lipinski definition) is 3. The van der Waals surface area contributed by atoms with Crippen molar-refractivity contribution in [3.63, 3.8) is 0 Å². The Kier molecular flexibility index (Phi) is 5.94. The van der Waals surface area contributed by atoms with Crippen LogP contribution in [0.15, 0.2) is 72.8 Å².